The molecular formula is C18H24N2. The molecule has 2 nitrogen and oxygen atoms in total. The fourth-order valence-corrected chi connectivity index (χ4v) is 3.43. The molecule has 0 radical (unpaired) electrons. The molecule has 20 heavy (non-hydrogen) atoms. The van der Waals surface area contributed by atoms with E-state index in [9.17, 15) is 0 Å². The van der Waals surface area contributed by atoms with Crippen LogP contribution in [0.25, 0.3) is 10.9 Å². The van der Waals surface area contributed by atoms with Crippen LogP contribution in [0.2, 0.25) is 0 Å². The van der Waals surface area contributed by atoms with Crippen LogP contribution in [0, 0.1) is 11.3 Å². The average molecular weight is 268 g/mol. The fraction of sp³-hybridized carbons (Fsp3) is 0.500. The molecule has 3 rings (SSSR count). The van der Waals surface area contributed by atoms with Crippen molar-refractivity contribution in [1.29, 1.82) is 0 Å². The van der Waals surface area contributed by atoms with Crippen LogP contribution in [-0.2, 0) is 0 Å². The Hall–Kier alpha value is -1.41. The lowest BCUT2D eigenvalue weighted by molar-refractivity contribution is 0.174. The van der Waals surface area contributed by atoms with Crippen molar-refractivity contribution in [1.82, 2.24) is 4.98 Å². The minimum absolute atomic E-state index is 0.115. The molecule has 1 aromatic heterocycles. The van der Waals surface area contributed by atoms with Gasteiger partial charge in [-0.2, -0.15) is 0 Å². The molecule has 1 fully saturated rings. The Bertz CT molecular complexity index is 588. The molecule has 2 aromatic rings. The van der Waals surface area contributed by atoms with E-state index < -0.39 is 0 Å². The van der Waals surface area contributed by atoms with Crippen LogP contribution in [0.3, 0.4) is 0 Å². The summed E-state index contributed by atoms with van der Waals surface area (Å²) in [5.41, 5.74) is 9.37. The van der Waals surface area contributed by atoms with E-state index in [1.165, 1.54) is 36.6 Å². The van der Waals surface area contributed by atoms with E-state index in [1.807, 2.05) is 12.3 Å². The van der Waals surface area contributed by atoms with E-state index >= 15 is 0 Å². The third-order valence-electron chi connectivity index (χ3n) is 4.91. The number of hydrogen-bond donors (Lipinski definition) is 1. The second-order valence-corrected chi connectivity index (χ2v) is 6.95. The van der Waals surface area contributed by atoms with Crippen molar-refractivity contribution in [3.8, 4) is 0 Å². The monoisotopic (exact) mass is 268 g/mol. The molecule has 1 aliphatic carbocycles. The number of fused-ring (bicyclic) bond motifs is 1. The molecule has 1 unspecified atom stereocenters. The van der Waals surface area contributed by atoms with Gasteiger partial charge < -0.3 is 5.73 Å². The molecule has 2 N–H and O–H groups in total. The summed E-state index contributed by atoms with van der Waals surface area (Å²) in [5, 5.41) is 1.19. The molecule has 0 bridgehead atoms. The van der Waals surface area contributed by atoms with Gasteiger partial charge in [0.15, 0.2) is 0 Å². The first kappa shape index (κ1) is 13.6. The lowest BCUT2D eigenvalue weighted by atomic mass is 9.70. The maximum Gasteiger partial charge on any atom is 0.0749 e. The van der Waals surface area contributed by atoms with Crippen molar-refractivity contribution in [2.24, 2.45) is 17.1 Å². The molecule has 1 saturated carbocycles. The first-order valence-corrected chi connectivity index (χ1v) is 7.66. The number of nitrogens with two attached hydrogens (primary N) is 1. The average Bonchev–Trinajstić information content (AvgIpc) is 2.46. The zero-order chi connectivity index (χ0) is 14.2. The summed E-state index contributed by atoms with van der Waals surface area (Å²) in [6.07, 6.45) is 6.89. The van der Waals surface area contributed by atoms with Gasteiger partial charge in [-0.1, -0.05) is 38.1 Å². The van der Waals surface area contributed by atoms with Gasteiger partial charge in [0.25, 0.3) is 0 Å². The number of benzene rings is 1. The van der Waals surface area contributed by atoms with Gasteiger partial charge >= 0.3 is 0 Å². The van der Waals surface area contributed by atoms with Crippen LogP contribution < -0.4 is 5.73 Å². The third kappa shape index (κ3) is 2.57. The first-order chi connectivity index (χ1) is 9.57. The van der Waals surface area contributed by atoms with Crippen LogP contribution >= 0.6 is 0 Å². The third-order valence-corrected chi connectivity index (χ3v) is 4.91. The second-order valence-electron chi connectivity index (χ2n) is 6.95. The van der Waals surface area contributed by atoms with Gasteiger partial charge in [-0.15, -0.1) is 0 Å². The lowest BCUT2D eigenvalue weighted by Gasteiger charge is -2.37. The highest BCUT2D eigenvalue weighted by Gasteiger charge is 2.31. The highest BCUT2D eigenvalue weighted by atomic mass is 14.7. The number of para-hydroxylation sites is 1. The van der Waals surface area contributed by atoms with E-state index in [0.29, 0.717) is 11.3 Å². The predicted molar refractivity (Wildman–Crippen MR) is 84.4 cm³/mol. The summed E-state index contributed by atoms with van der Waals surface area (Å²) < 4.78 is 0. The minimum Gasteiger partial charge on any atom is -0.324 e. The normalized spacial score (nSPS) is 20.9. The van der Waals surface area contributed by atoms with E-state index in [1.54, 1.807) is 0 Å². The Balaban J connectivity index is 1.88. The van der Waals surface area contributed by atoms with Crippen LogP contribution in [0.5, 0.6) is 0 Å². The molecule has 1 aliphatic rings. The standard InChI is InChI=1S/C18H24N2/c1-18(2)10-8-13(9-11-18)16(19)15-7-3-5-14-6-4-12-20-17(14)15/h3-7,12-13,16H,8-11,19H2,1-2H3. The summed E-state index contributed by atoms with van der Waals surface area (Å²) in [7, 11) is 0. The molecule has 0 spiro atoms. The zero-order valence-corrected chi connectivity index (χ0v) is 12.5. The maximum atomic E-state index is 6.58. The molecule has 2 heteroatoms. The molecule has 1 aromatic carbocycles. The molecule has 0 amide bonds. The summed E-state index contributed by atoms with van der Waals surface area (Å²) in [6.45, 7) is 4.74. The zero-order valence-electron chi connectivity index (χ0n) is 12.5. The quantitative estimate of drug-likeness (QED) is 0.874. The Morgan fingerprint density at radius 1 is 1.15 bits per heavy atom. The van der Waals surface area contributed by atoms with E-state index in [-0.39, 0.29) is 6.04 Å². The van der Waals surface area contributed by atoms with Gasteiger partial charge in [-0.25, -0.2) is 0 Å². The molecule has 0 aliphatic heterocycles. The topological polar surface area (TPSA) is 38.9 Å². The smallest absolute Gasteiger partial charge is 0.0749 e. The summed E-state index contributed by atoms with van der Waals surface area (Å²) in [5.74, 6) is 0.593. The second kappa shape index (κ2) is 5.17. The molecule has 1 atom stereocenters. The maximum absolute atomic E-state index is 6.58. The number of rotatable bonds is 2. The van der Waals surface area contributed by atoms with Gasteiger partial charge in [0, 0.05) is 17.6 Å². The highest BCUT2D eigenvalue weighted by Crippen LogP contribution is 2.42. The first-order valence-electron chi connectivity index (χ1n) is 7.66. The number of aromatic nitrogens is 1. The van der Waals surface area contributed by atoms with E-state index in [0.717, 1.165) is 5.52 Å². The van der Waals surface area contributed by atoms with Crippen LogP contribution in [-0.4, -0.2) is 4.98 Å². The van der Waals surface area contributed by atoms with Gasteiger partial charge in [0.05, 0.1) is 5.52 Å². The molecule has 0 saturated heterocycles. The number of hydrogen-bond acceptors (Lipinski definition) is 2. The Labute approximate surface area is 121 Å². The van der Waals surface area contributed by atoms with Crippen LogP contribution in [0.4, 0.5) is 0 Å². The van der Waals surface area contributed by atoms with Crippen LogP contribution in [0.1, 0.15) is 51.1 Å². The fourth-order valence-electron chi connectivity index (χ4n) is 3.43. The molecule has 106 valence electrons. The van der Waals surface area contributed by atoms with Gasteiger partial charge in [-0.05, 0) is 48.6 Å². The molecule has 1 heterocycles. The Morgan fingerprint density at radius 3 is 2.60 bits per heavy atom. The molecular weight excluding hydrogens is 244 g/mol. The van der Waals surface area contributed by atoms with E-state index in [2.05, 4.69) is 43.1 Å². The minimum atomic E-state index is 0.115. The van der Waals surface area contributed by atoms with Crippen LogP contribution in [0.15, 0.2) is 36.5 Å². The van der Waals surface area contributed by atoms with Crippen molar-refractivity contribution >= 4 is 10.9 Å². The highest BCUT2D eigenvalue weighted by molar-refractivity contribution is 5.82. The summed E-state index contributed by atoms with van der Waals surface area (Å²) in [6, 6.07) is 10.6. The predicted octanol–water partition coefficient (Wildman–Crippen LogP) is 4.45. The lowest BCUT2D eigenvalue weighted by Crippen LogP contribution is -2.29. The van der Waals surface area contributed by atoms with E-state index in [4.69, 9.17) is 5.73 Å². The SMILES string of the molecule is CC1(C)CCC(C(N)c2cccc3cccnc23)CC1. The van der Waals surface area contributed by atoms with Gasteiger partial charge in [-0.3, -0.25) is 4.98 Å². The number of pyridine rings is 1. The van der Waals surface area contributed by atoms with Crippen molar-refractivity contribution < 1.29 is 0 Å². The Morgan fingerprint density at radius 2 is 1.85 bits per heavy atom. The number of nitrogens with zero attached hydrogens (tertiary/aromatic N) is 1. The van der Waals surface area contributed by atoms with Gasteiger partial charge in [0.1, 0.15) is 0 Å². The largest absolute Gasteiger partial charge is 0.324 e. The van der Waals surface area contributed by atoms with Crippen molar-refractivity contribution in [3.63, 3.8) is 0 Å². The van der Waals surface area contributed by atoms with Crippen molar-refractivity contribution in [2.45, 2.75) is 45.6 Å². The summed E-state index contributed by atoms with van der Waals surface area (Å²) >= 11 is 0. The summed E-state index contributed by atoms with van der Waals surface area (Å²) in [4.78, 5) is 4.55. The Kier molecular flexibility index (Phi) is 3.51. The van der Waals surface area contributed by atoms with Crippen molar-refractivity contribution in [3.05, 3.63) is 42.1 Å². The van der Waals surface area contributed by atoms with Gasteiger partial charge in [0.2, 0.25) is 0 Å². The van der Waals surface area contributed by atoms with Crippen molar-refractivity contribution in [2.75, 3.05) is 0 Å².